The molecule has 0 saturated heterocycles. The van der Waals surface area contributed by atoms with Crippen LogP contribution in [0.1, 0.15) is 24.7 Å². The molecule has 124 valence electrons. The third-order valence-corrected chi connectivity index (χ3v) is 5.71. The highest BCUT2D eigenvalue weighted by Crippen LogP contribution is 2.45. The SMILES string of the molecule is CC1=NN(S(=O)(=O)c2c(C)nn(C)c2C)[C@](O)(C(F)(F)Cl)C1. The molecule has 1 aliphatic heterocycles. The van der Waals surface area contributed by atoms with E-state index < -0.39 is 27.6 Å². The highest BCUT2D eigenvalue weighted by molar-refractivity contribution is 7.89. The Morgan fingerprint density at radius 1 is 1.36 bits per heavy atom. The van der Waals surface area contributed by atoms with E-state index in [9.17, 15) is 22.3 Å². The lowest BCUT2D eigenvalue weighted by atomic mass is 10.1. The van der Waals surface area contributed by atoms with Crippen LogP contribution in [0.2, 0.25) is 0 Å². The highest BCUT2D eigenvalue weighted by Gasteiger charge is 2.63. The third-order valence-electron chi connectivity index (χ3n) is 3.46. The number of nitrogens with zero attached hydrogens (tertiary/aromatic N) is 4. The van der Waals surface area contributed by atoms with Crippen molar-refractivity contribution in [2.75, 3.05) is 0 Å². The van der Waals surface area contributed by atoms with Gasteiger partial charge in [0.15, 0.2) is 0 Å². The summed E-state index contributed by atoms with van der Waals surface area (Å²) < 4.78 is 53.9. The Kier molecular flexibility index (Phi) is 3.78. The van der Waals surface area contributed by atoms with E-state index in [4.69, 9.17) is 11.6 Å². The number of hydrogen-bond acceptors (Lipinski definition) is 5. The van der Waals surface area contributed by atoms with E-state index in [0.717, 1.165) is 0 Å². The normalized spacial score (nSPS) is 23.1. The minimum atomic E-state index is -4.55. The first-order valence-corrected chi connectivity index (χ1v) is 8.03. The van der Waals surface area contributed by atoms with Gasteiger partial charge in [-0.1, -0.05) is 0 Å². The third kappa shape index (κ3) is 2.29. The van der Waals surface area contributed by atoms with Crippen LogP contribution in [0, 0.1) is 13.8 Å². The van der Waals surface area contributed by atoms with Gasteiger partial charge in [0.1, 0.15) is 4.90 Å². The predicted octanol–water partition coefficient (Wildman–Crippen LogP) is 1.33. The van der Waals surface area contributed by atoms with Crippen LogP contribution in [0.4, 0.5) is 8.78 Å². The zero-order chi connectivity index (χ0) is 17.1. The molecule has 2 rings (SSSR count). The van der Waals surface area contributed by atoms with Gasteiger partial charge in [0.25, 0.3) is 15.7 Å². The first kappa shape index (κ1) is 17.1. The van der Waals surface area contributed by atoms with E-state index in [2.05, 4.69) is 10.2 Å². The van der Waals surface area contributed by atoms with Crippen molar-refractivity contribution in [2.24, 2.45) is 12.1 Å². The number of halogens is 3. The fourth-order valence-corrected chi connectivity index (χ4v) is 4.49. The van der Waals surface area contributed by atoms with Crippen molar-refractivity contribution in [3.05, 3.63) is 11.4 Å². The molecule has 0 amide bonds. The number of aliphatic hydroxyl groups is 1. The van der Waals surface area contributed by atoms with Crippen LogP contribution in [0.25, 0.3) is 0 Å². The summed E-state index contributed by atoms with van der Waals surface area (Å²) >= 11 is 4.94. The van der Waals surface area contributed by atoms with Crippen molar-refractivity contribution < 1.29 is 22.3 Å². The average molecular weight is 357 g/mol. The minimum absolute atomic E-state index is 0.0145. The molecule has 1 aromatic rings. The van der Waals surface area contributed by atoms with Crippen LogP contribution < -0.4 is 0 Å². The maximum absolute atomic E-state index is 13.6. The van der Waals surface area contributed by atoms with Crippen molar-refractivity contribution >= 4 is 27.3 Å². The maximum Gasteiger partial charge on any atom is 0.371 e. The van der Waals surface area contributed by atoms with E-state index >= 15 is 0 Å². The standard InChI is InChI=1S/C11H15ClF2N4O3S/c1-6-5-10(19,11(12,13)14)18(15-6)22(20,21)9-7(2)16-17(4)8(9)3/h19H,5H2,1-4H3/t10-/m1/s1. The fourth-order valence-electron chi connectivity index (χ4n) is 2.37. The number of alkyl halides is 3. The van der Waals surface area contributed by atoms with Gasteiger partial charge in [-0.2, -0.15) is 27.4 Å². The largest absolute Gasteiger partial charge is 0.371 e. The van der Waals surface area contributed by atoms with Crippen molar-refractivity contribution in [2.45, 2.75) is 43.2 Å². The van der Waals surface area contributed by atoms with Crippen LogP contribution in [0.5, 0.6) is 0 Å². The second-order valence-corrected chi connectivity index (χ2v) is 7.38. The lowest BCUT2D eigenvalue weighted by Crippen LogP contribution is -2.56. The second kappa shape index (κ2) is 4.87. The highest BCUT2D eigenvalue weighted by atomic mass is 35.5. The van der Waals surface area contributed by atoms with Gasteiger partial charge in [-0.15, -0.1) is 4.41 Å². The molecule has 0 spiro atoms. The zero-order valence-corrected chi connectivity index (χ0v) is 13.9. The van der Waals surface area contributed by atoms with Gasteiger partial charge in [0.05, 0.1) is 11.4 Å². The predicted molar refractivity (Wildman–Crippen MR) is 75.2 cm³/mol. The van der Waals surface area contributed by atoms with Gasteiger partial charge >= 0.3 is 5.38 Å². The van der Waals surface area contributed by atoms with Crippen LogP contribution in [0.15, 0.2) is 10.00 Å². The maximum atomic E-state index is 13.6. The Balaban J connectivity index is 2.67. The summed E-state index contributed by atoms with van der Waals surface area (Å²) in [5.41, 5.74) is -2.80. The Bertz CT molecular complexity index is 756. The Hall–Kier alpha value is -1.26. The topological polar surface area (TPSA) is 87.8 Å². The van der Waals surface area contributed by atoms with Gasteiger partial charge in [-0.05, 0) is 32.4 Å². The number of aryl methyl sites for hydroxylation is 2. The summed E-state index contributed by atoms with van der Waals surface area (Å²) in [7, 11) is -3.04. The Labute approximate surface area is 131 Å². The van der Waals surface area contributed by atoms with Crippen LogP contribution >= 0.6 is 11.6 Å². The Morgan fingerprint density at radius 3 is 2.32 bits per heavy atom. The molecule has 0 aromatic carbocycles. The Morgan fingerprint density at radius 2 is 1.91 bits per heavy atom. The number of hydrogen-bond donors (Lipinski definition) is 1. The zero-order valence-electron chi connectivity index (χ0n) is 12.3. The van der Waals surface area contributed by atoms with Crippen molar-refractivity contribution in [1.29, 1.82) is 0 Å². The summed E-state index contributed by atoms with van der Waals surface area (Å²) in [4.78, 5) is -0.284. The molecule has 1 N–H and O–H groups in total. The monoisotopic (exact) mass is 356 g/mol. The van der Waals surface area contributed by atoms with Crippen molar-refractivity contribution in [3.8, 4) is 0 Å². The van der Waals surface area contributed by atoms with Crippen LogP contribution in [0.3, 0.4) is 0 Å². The second-order valence-electron chi connectivity index (χ2n) is 5.20. The summed E-state index contributed by atoms with van der Waals surface area (Å²) in [6, 6.07) is 0. The molecular formula is C11H15ClF2N4O3S. The van der Waals surface area contributed by atoms with Gasteiger partial charge in [-0.25, -0.2) is 0 Å². The number of rotatable bonds is 3. The van der Waals surface area contributed by atoms with Crippen molar-refractivity contribution in [1.82, 2.24) is 14.2 Å². The summed E-state index contributed by atoms with van der Waals surface area (Å²) in [6.07, 6.45) is -0.693. The summed E-state index contributed by atoms with van der Waals surface area (Å²) in [5, 5.41) is 13.4. The molecular weight excluding hydrogens is 342 g/mol. The molecule has 0 aliphatic carbocycles. The summed E-state index contributed by atoms with van der Waals surface area (Å²) in [5.74, 6) is 0. The molecule has 1 atom stereocenters. The van der Waals surface area contributed by atoms with Gasteiger partial charge in [-0.3, -0.25) is 4.68 Å². The molecule has 0 unspecified atom stereocenters. The van der Waals surface area contributed by atoms with Crippen LogP contribution in [-0.4, -0.2) is 44.5 Å². The lowest BCUT2D eigenvalue weighted by Gasteiger charge is -2.34. The molecule has 0 bridgehead atoms. The molecule has 0 fully saturated rings. The van der Waals surface area contributed by atoms with Gasteiger partial charge < -0.3 is 5.11 Å². The number of aromatic nitrogens is 2. The van der Waals surface area contributed by atoms with Gasteiger partial charge in [0.2, 0.25) is 0 Å². The molecule has 7 nitrogen and oxygen atoms in total. The number of hydrazone groups is 1. The quantitative estimate of drug-likeness (QED) is 0.827. The first-order chi connectivity index (χ1) is 9.82. The average Bonchev–Trinajstić information content (AvgIpc) is 2.77. The van der Waals surface area contributed by atoms with Crippen LogP contribution in [-0.2, 0) is 17.1 Å². The van der Waals surface area contributed by atoms with E-state index in [1.54, 1.807) is 0 Å². The van der Waals surface area contributed by atoms with Gasteiger partial charge in [0, 0.05) is 19.2 Å². The van der Waals surface area contributed by atoms with E-state index in [-0.39, 0.29) is 26.4 Å². The van der Waals surface area contributed by atoms with E-state index in [1.807, 2.05) is 0 Å². The fraction of sp³-hybridized carbons (Fsp3) is 0.636. The first-order valence-electron chi connectivity index (χ1n) is 6.21. The molecule has 22 heavy (non-hydrogen) atoms. The minimum Gasteiger partial charge on any atom is -0.363 e. The molecule has 1 aromatic heterocycles. The molecule has 1 aliphatic rings. The molecule has 0 saturated carbocycles. The lowest BCUT2D eigenvalue weighted by molar-refractivity contribution is -0.175. The molecule has 2 heterocycles. The summed E-state index contributed by atoms with van der Waals surface area (Å²) in [6.45, 7) is 4.22. The number of sulfonamides is 1. The smallest absolute Gasteiger partial charge is 0.363 e. The molecule has 11 heteroatoms. The van der Waals surface area contributed by atoms with E-state index in [0.29, 0.717) is 0 Å². The molecule has 0 radical (unpaired) electrons. The van der Waals surface area contributed by atoms with E-state index in [1.165, 1.54) is 32.5 Å². The van der Waals surface area contributed by atoms with Crippen molar-refractivity contribution in [3.63, 3.8) is 0 Å².